The highest BCUT2D eigenvalue weighted by molar-refractivity contribution is 5.97. The molecule has 0 radical (unpaired) electrons. The first kappa shape index (κ1) is 20.4. The molecule has 1 amide bonds. The van der Waals surface area contributed by atoms with Gasteiger partial charge in [0.2, 0.25) is 0 Å². The molecule has 0 spiro atoms. The molecule has 0 saturated carbocycles. The SMILES string of the molecule is COc1cccc(C(=O)NCc2cccc(COCc3ccccc3)c2)c1OC. The van der Waals surface area contributed by atoms with Crippen LogP contribution in [0.1, 0.15) is 27.0 Å². The Balaban J connectivity index is 1.57. The first-order chi connectivity index (χ1) is 14.2. The quantitative estimate of drug-likeness (QED) is 0.589. The van der Waals surface area contributed by atoms with Crippen molar-refractivity contribution in [3.05, 3.63) is 95.1 Å². The lowest BCUT2D eigenvalue weighted by molar-refractivity contribution is 0.0947. The second kappa shape index (κ2) is 10.3. The third kappa shape index (κ3) is 5.59. The van der Waals surface area contributed by atoms with E-state index in [1.807, 2.05) is 54.6 Å². The minimum Gasteiger partial charge on any atom is -0.493 e. The van der Waals surface area contributed by atoms with Crippen LogP contribution in [0.2, 0.25) is 0 Å². The number of nitrogens with one attached hydrogen (secondary N) is 1. The van der Waals surface area contributed by atoms with Crippen molar-refractivity contribution in [1.29, 1.82) is 0 Å². The van der Waals surface area contributed by atoms with Crippen molar-refractivity contribution in [1.82, 2.24) is 5.32 Å². The van der Waals surface area contributed by atoms with Gasteiger partial charge in [-0.2, -0.15) is 0 Å². The molecule has 0 aliphatic heterocycles. The fourth-order valence-corrected chi connectivity index (χ4v) is 3.03. The molecular weight excluding hydrogens is 366 g/mol. The maximum absolute atomic E-state index is 12.6. The number of hydrogen-bond donors (Lipinski definition) is 1. The van der Waals surface area contributed by atoms with E-state index in [0.717, 1.165) is 16.7 Å². The number of carbonyl (C=O) groups excluding carboxylic acids is 1. The molecule has 0 saturated heterocycles. The monoisotopic (exact) mass is 391 g/mol. The van der Waals surface area contributed by atoms with Crippen LogP contribution in [-0.2, 0) is 24.5 Å². The molecule has 5 nitrogen and oxygen atoms in total. The Kier molecular flexibility index (Phi) is 7.25. The number of benzene rings is 3. The second-order valence-corrected chi connectivity index (χ2v) is 6.52. The van der Waals surface area contributed by atoms with Crippen molar-refractivity contribution in [3.63, 3.8) is 0 Å². The molecule has 0 atom stereocenters. The Bertz CT molecular complexity index is 941. The average molecular weight is 391 g/mol. The van der Waals surface area contributed by atoms with Crippen molar-refractivity contribution in [2.24, 2.45) is 0 Å². The lowest BCUT2D eigenvalue weighted by Crippen LogP contribution is -2.23. The summed E-state index contributed by atoms with van der Waals surface area (Å²) in [5.41, 5.74) is 3.64. The highest BCUT2D eigenvalue weighted by Crippen LogP contribution is 2.30. The van der Waals surface area contributed by atoms with E-state index < -0.39 is 0 Å². The molecule has 29 heavy (non-hydrogen) atoms. The Morgan fingerprint density at radius 1 is 0.793 bits per heavy atom. The molecule has 0 aliphatic carbocycles. The zero-order chi connectivity index (χ0) is 20.5. The fourth-order valence-electron chi connectivity index (χ4n) is 3.03. The van der Waals surface area contributed by atoms with E-state index in [4.69, 9.17) is 14.2 Å². The van der Waals surface area contributed by atoms with E-state index in [1.165, 1.54) is 7.11 Å². The third-order valence-electron chi connectivity index (χ3n) is 4.47. The number of rotatable bonds is 9. The summed E-state index contributed by atoms with van der Waals surface area (Å²) in [6, 6.07) is 23.3. The van der Waals surface area contributed by atoms with Gasteiger partial charge in [0.15, 0.2) is 11.5 Å². The predicted molar refractivity (Wildman–Crippen MR) is 112 cm³/mol. The summed E-state index contributed by atoms with van der Waals surface area (Å²) in [4.78, 5) is 12.6. The van der Waals surface area contributed by atoms with E-state index in [0.29, 0.717) is 36.8 Å². The van der Waals surface area contributed by atoms with Crippen molar-refractivity contribution >= 4 is 5.91 Å². The molecule has 5 heteroatoms. The van der Waals surface area contributed by atoms with Gasteiger partial charge >= 0.3 is 0 Å². The van der Waals surface area contributed by atoms with Crippen LogP contribution in [0.5, 0.6) is 11.5 Å². The van der Waals surface area contributed by atoms with Crippen LogP contribution in [0.4, 0.5) is 0 Å². The lowest BCUT2D eigenvalue weighted by atomic mass is 10.1. The number of amides is 1. The fraction of sp³-hybridized carbons (Fsp3) is 0.208. The Hall–Kier alpha value is -3.31. The molecule has 0 fully saturated rings. The number of para-hydroxylation sites is 1. The van der Waals surface area contributed by atoms with Gasteiger partial charge < -0.3 is 19.5 Å². The van der Waals surface area contributed by atoms with E-state index in [2.05, 4.69) is 5.32 Å². The maximum Gasteiger partial charge on any atom is 0.255 e. The topological polar surface area (TPSA) is 56.8 Å². The van der Waals surface area contributed by atoms with E-state index in [1.54, 1.807) is 25.3 Å². The van der Waals surface area contributed by atoms with Crippen LogP contribution in [0.25, 0.3) is 0 Å². The van der Waals surface area contributed by atoms with Gasteiger partial charge in [0.05, 0.1) is 33.0 Å². The molecule has 150 valence electrons. The molecule has 3 aromatic carbocycles. The summed E-state index contributed by atoms with van der Waals surface area (Å²) in [6.07, 6.45) is 0. The predicted octanol–water partition coefficient (Wildman–Crippen LogP) is 4.35. The summed E-state index contributed by atoms with van der Waals surface area (Å²) >= 11 is 0. The van der Waals surface area contributed by atoms with Gasteiger partial charge in [-0.15, -0.1) is 0 Å². The maximum atomic E-state index is 12.6. The average Bonchev–Trinajstić information content (AvgIpc) is 2.77. The molecule has 3 rings (SSSR count). The zero-order valence-electron chi connectivity index (χ0n) is 16.7. The summed E-state index contributed by atoms with van der Waals surface area (Å²) in [5.74, 6) is 0.736. The molecule has 1 N–H and O–H groups in total. The summed E-state index contributed by atoms with van der Waals surface area (Å²) in [7, 11) is 3.07. The van der Waals surface area contributed by atoms with Crippen LogP contribution in [0.15, 0.2) is 72.8 Å². The van der Waals surface area contributed by atoms with Crippen LogP contribution >= 0.6 is 0 Å². The van der Waals surface area contributed by atoms with Gasteiger partial charge in [-0.25, -0.2) is 0 Å². The molecule has 0 heterocycles. The Labute approximate surface area is 171 Å². The van der Waals surface area contributed by atoms with Gasteiger partial charge in [-0.1, -0.05) is 60.7 Å². The summed E-state index contributed by atoms with van der Waals surface area (Å²) < 4.78 is 16.4. The number of ether oxygens (including phenoxy) is 3. The van der Waals surface area contributed by atoms with Crippen LogP contribution in [0.3, 0.4) is 0 Å². The van der Waals surface area contributed by atoms with Gasteiger partial charge in [-0.3, -0.25) is 4.79 Å². The van der Waals surface area contributed by atoms with Crippen LogP contribution in [-0.4, -0.2) is 20.1 Å². The molecule has 0 unspecified atom stereocenters. The highest BCUT2D eigenvalue weighted by Gasteiger charge is 2.16. The Morgan fingerprint density at radius 2 is 1.48 bits per heavy atom. The minimum absolute atomic E-state index is 0.216. The molecule has 0 aromatic heterocycles. The number of methoxy groups -OCH3 is 2. The number of hydrogen-bond acceptors (Lipinski definition) is 4. The lowest BCUT2D eigenvalue weighted by Gasteiger charge is -2.13. The van der Waals surface area contributed by atoms with Crippen molar-refractivity contribution in [2.45, 2.75) is 19.8 Å². The van der Waals surface area contributed by atoms with Gasteiger partial charge in [-0.05, 0) is 28.8 Å². The van der Waals surface area contributed by atoms with Crippen LogP contribution in [0, 0.1) is 0 Å². The summed E-state index contributed by atoms with van der Waals surface area (Å²) in [5, 5.41) is 2.94. The van der Waals surface area contributed by atoms with Crippen LogP contribution < -0.4 is 14.8 Å². The molecule has 0 bridgehead atoms. The van der Waals surface area contributed by atoms with E-state index >= 15 is 0 Å². The highest BCUT2D eigenvalue weighted by atomic mass is 16.5. The largest absolute Gasteiger partial charge is 0.493 e. The third-order valence-corrected chi connectivity index (χ3v) is 4.47. The smallest absolute Gasteiger partial charge is 0.255 e. The normalized spacial score (nSPS) is 10.4. The molecular formula is C24H25NO4. The van der Waals surface area contributed by atoms with E-state index in [9.17, 15) is 4.79 Å². The van der Waals surface area contributed by atoms with Gasteiger partial charge in [0, 0.05) is 6.54 Å². The molecule has 0 aliphatic rings. The first-order valence-corrected chi connectivity index (χ1v) is 9.40. The van der Waals surface area contributed by atoms with Crippen molar-refractivity contribution < 1.29 is 19.0 Å². The Morgan fingerprint density at radius 3 is 2.24 bits per heavy atom. The van der Waals surface area contributed by atoms with Crippen molar-refractivity contribution in [3.8, 4) is 11.5 Å². The first-order valence-electron chi connectivity index (χ1n) is 9.40. The standard InChI is InChI=1S/C24H25NO4/c1-27-22-13-7-12-21(23(22)28-2)24(26)25-15-19-10-6-11-20(14-19)17-29-16-18-8-4-3-5-9-18/h3-14H,15-17H2,1-2H3,(H,25,26). The van der Waals surface area contributed by atoms with Gasteiger partial charge in [0.25, 0.3) is 5.91 Å². The number of carbonyl (C=O) groups is 1. The van der Waals surface area contributed by atoms with E-state index in [-0.39, 0.29) is 5.91 Å². The summed E-state index contributed by atoms with van der Waals surface area (Å²) in [6.45, 7) is 1.49. The molecule has 3 aromatic rings. The minimum atomic E-state index is -0.216. The second-order valence-electron chi connectivity index (χ2n) is 6.52. The van der Waals surface area contributed by atoms with Gasteiger partial charge in [0.1, 0.15) is 0 Å². The zero-order valence-corrected chi connectivity index (χ0v) is 16.7. The van der Waals surface area contributed by atoms with Crippen molar-refractivity contribution in [2.75, 3.05) is 14.2 Å².